The third-order valence-electron chi connectivity index (χ3n) is 3.81. The van der Waals surface area contributed by atoms with E-state index in [2.05, 4.69) is 27.4 Å². The number of rotatable bonds is 4. The average Bonchev–Trinajstić information content (AvgIpc) is 3.01. The highest BCUT2D eigenvalue weighted by Gasteiger charge is 2.12. The van der Waals surface area contributed by atoms with Crippen molar-refractivity contribution < 1.29 is 0 Å². The molecule has 0 radical (unpaired) electrons. The van der Waals surface area contributed by atoms with Gasteiger partial charge in [-0.3, -0.25) is 0 Å². The van der Waals surface area contributed by atoms with E-state index in [1.54, 1.807) is 6.07 Å². The van der Waals surface area contributed by atoms with Gasteiger partial charge in [0.2, 0.25) is 0 Å². The van der Waals surface area contributed by atoms with E-state index < -0.39 is 0 Å². The SMILES string of the molecule is Clc1ccc(-c2ncncc2/C=C/CC2CCCN2)c(Cl)c1. The Morgan fingerprint density at radius 2 is 2.23 bits per heavy atom. The maximum atomic E-state index is 6.29. The predicted molar refractivity (Wildman–Crippen MR) is 92.2 cm³/mol. The first-order valence-corrected chi connectivity index (χ1v) is 8.15. The summed E-state index contributed by atoms with van der Waals surface area (Å²) in [5.41, 5.74) is 2.66. The molecule has 2 aromatic rings. The molecule has 0 bridgehead atoms. The molecule has 1 aliphatic rings. The second-order valence-corrected chi connectivity index (χ2v) is 6.23. The second kappa shape index (κ2) is 7.23. The van der Waals surface area contributed by atoms with Crippen LogP contribution in [0.4, 0.5) is 0 Å². The van der Waals surface area contributed by atoms with E-state index in [4.69, 9.17) is 23.2 Å². The lowest BCUT2D eigenvalue weighted by Gasteiger charge is -2.08. The Morgan fingerprint density at radius 3 is 3.00 bits per heavy atom. The van der Waals surface area contributed by atoms with Gasteiger partial charge in [0.15, 0.2) is 0 Å². The summed E-state index contributed by atoms with van der Waals surface area (Å²) in [5.74, 6) is 0. The summed E-state index contributed by atoms with van der Waals surface area (Å²) in [6.07, 6.45) is 11.1. The molecule has 3 nitrogen and oxygen atoms in total. The highest BCUT2D eigenvalue weighted by atomic mass is 35.5. The van der Waals surface area contributed by atoms with Gasteiger partial charge in [-0.05, 0) is 44.0 Å². The highest BCUT2D eigenvalue weighted by Crippen LogP contribution is 2.31. The summed E-state index contributed by atoms with van der Waals surface area (Å²) in [4.78, 5) is 8.51. The van der Waals surface area contributed by atoms with Gasteiger partial charge in [-0.2, -0.15) is 0 Å². The van der Waals surface area contributed by atoms with Crippen molar-refractivity contribution >= 4 is 29.3 Å². The lowest BCUT2D eigenvalue weighted by Crippen LogP contribution is -2.19. The predicted octanol–water partition coefficient (Wildman–Crippen LogP) is 4.61. The van der Waals surface area contributed by atoms with Crippen LogP contribution in [-0.2, 0) is 0 Å². The van der Waals surface area contributed by atoms with Crippen LogP contribution in [0.3, 0.4) is 0 Å². The molecule has 1 fully saturated rings. The van der Waals surface area contributed by atoms with Crippen molar-refractivity contribution in [3.05, 3.63) is 52.4 Å². The molecule has 0 saturated carbocycles. The quantitative estimate of drug-likeness (QED) is 0.887. The zero-order valence-electron chi connectivity index (χ0n) is 12.1. The molecular formula is C17H17Cl2N3. The maximum absolute atomic E-state index is 6.29. The van der Waals surface area contributed by atoms with Gasteiger partial charge < -0.3 is 5.32 Å². The van der Waals surface area contributed by atoms with Gasteiger partial charge in [-0.1, -0.05) is 35.4 Å². The standard InChI is InChI=1S/C17H17Cl2N3/c18-13-6-7-15(16(19)9-13)17-12(10-20-11-22-17)3-1-4-14-5-2-8-21-14/h1,3,6-7,9-11,14,21H,2,4-5,8H2/b3-1+. The zero-order valence-corrected chi connectivity index (χ0v) is 13.6. The number of halogens is 2. The molecule has 1 atom stereocenters. The summed E-state index contributed by atoms with van der Waals surface area (Å²) in [5, 5.41) is 4.70. The highest BCUT2D eigenvalue weighted by molar-refractivity contribution is 6.36. The number of hydrogen-bond acceptors (Lipinski definition) is 3. The van der Waals surface area contributed by atoms with Crippen molar-refractivity contribution in [3.8, 4) is 11.3 Å². The smallest absolute Gasteiger partial charge is 0.116 e. The van der Waals surface area contributed by atoms with Crippen LogP contribution in [0, 0.1) is 0 Å². The van der Waals surface area contributed by atoms with E-state index in [9.17, 15) is 0 Å². The molecule has 1 aromatic heterocycles. The van der Waals surface area contributed by atoms with Crippen molar-refractivity contribution in [2.45, 2.75) is 25.3 Å². The van der Waals surface area contributed by atoms with E-state index in [0.717, 1.165) is 29.8 Å². The molecule has 2 heterocycles. The van der Waals surface area contributed by atoms with Crippen molar-refractivity contribution in [2.75, 3.05) is 6.54 Å². The Labute approximate surface area is 140 Å². The largest absolute Gasteiger partial charge is 0.314 e. The Kier molecular flexibility index (Phi) is 5.08. The molecule has 1 saturated heterocycles. The third kappa shape index (κ3) is 3.67. The molecule has 1 unspecified atom stereocenters. The van der Waals surface area contributed by atoms with Crippen molar-refractivity contribution in [3.63, 3.8) is 0 Å². The minimum absolute atomic E-state index is 0.587. The van der Waals surface area contributed by atoms with Gasteiger partial charge >= 0.3 is 0 Å². The van der Waals surface area contributed by atoms with Gasteiger partial charge in [0.25, 0.3) is 0 Å². The molecule has 0 amide bonds. The molecule has 22 heavy (non-hydrogen) atoms. The zero-order chi connectivity index (χ0) is 15.4. The normalized spacial score (nSPS) is 18.2. The Hall–Kier alpha value is -1.42. The Balaban J connectivity index is 1.84. The van der Waals surface area contributed by atoms with Crippen LogP contribution in [0.1, 0.15) is 24.8 Å². The van der Waals surface area contributed by atoms with Crippen LogP contribution >= 0.6 is 23.2 Å². The van der Waals surface area contributed by atoms with E-state index in [-0.39, 0.29) is 0 Å². The first kappa shape index (κ1) is 15.5. The van der Waals surface area contributed by atoms with Crippen molar-refractivity contribution in [1.29, 1.82) is 0 Å². The Morgan fingerprint density at radius 1 is 1.32 bits per heavy atom. The number of hydrogen-bond donors (Lipinski definition) is 1. The summed E-state index contributed by atoms with van der Waals surface area (Å²) in [6, 6.07) is 6.03. The van der Waals surface area contributed by atoms with Crippen molar-refractivity contribution in [2.24, 2.45) is 0 Å². The molecule has 114 valence electrons. The van der Waals surface area contributed by atoms with E-state index in [1.165, 1.54) is 19.2 Å². The van der Waals surface area contributed by atoms with Crippen LogP contribution in [0.25, 0.3) is 17.3 Å². The molecular weight excluding hydrogens is 317 g/mol. The van der Waals surface area contributed by atoms with E-state index >= 15 is 0 Å². The van der Waals surface area contributed by atoms with Gasteiger partial charge in [0.1, 0.15) is 6.33 Å². The van der Waals surface area contributed by atoms with Crippen LogP contribution < -0.4 is 5.32 Å². The van der Waals surface area contributed by atoms with Crippen LogP contribution in [0.2, 0.25) is 10.0 Å². The molecule has 0 spiro atoms. The molecule has 1 aliphatic heterocycles. The first-order chi connectivity index (χ1) is 10.7. The van der Waals surface area contributed by atoms with Crippen molar-refractivity contribution in [1.82, 2.24) is 15.3 Å². The van der Waals surface area contributed by atoms with Crippen LogP contribution in [0.5, 0.6) is 0 Å². The summed E-state index contributed by atoms with van der Waals surface area (Å²) in [7, 11) is 0. The van der Waals surface area contributed by atoms with E-state index in [0.29, 0.717) is 16.1 Å². The molecule has 1 N–H and O–H groups in total. The number of benzene rings is 1. The third-order valence-corrected chi connectivity index (χ3v) is 4.36. The fraction of sp³-hybridized carbons (Fsp3) is 0.294. The first-order valence-electron chi connectivity index (χ1n) is 7.39. The van der Waals surface area contributed by atoms with Crippen LogP contribution in [-0.4, -0.2) is 22.6 Å². The fourth-order valence-corrected chi connectivity index (χ4v) is 3.18. The Bertz CT molecular complexity index is 679. The monoisotopic (exact) mass is 333 g/mol. The fourth-order valence-electron chi connectivity index (χ4n) is 2.69. The lowest BCUT2D eigenvalue weighted by molar-refractivity contribution is 0.615. The second-order valence-electron chi connectivity index (χ2n) is 5.38. The topological polar surface area (TPSA) is 37.8 Å². The number of nitrogens with one attached hydrogen (secondary N) is 1. The molecule has 3 rings (SSSR count). The minimum atomic E-state index is 0.587. The summed E-state index contributed by atoms with van der Waals surface area (Å²) >= 11 is 12.3. The number of aromatic nitrogens is 2. The van der Waals surface area contributed by atoms with E-state index in [1.807, 2.05) is 18.3 Å². The van der Waals surface area contributed by atoms with Gasteiger partial charge in [-0.25, -0.2) is 9.97 Å². The molecule has 0 aliphatic carbocycles. The van der Waals surface area contributed by atoms with Gasteiger partial charge in [-0.15, -0.1) is 0 Å². The number of nitrogens with zero attached hydrogens (tertiary/aromatic N) is 2. The average molecular weight is 334 g/mol. The summed E-state index contributed by atoms with van der Waals surface area (Å²) < 4.78 is 0. The minimum Gasteiger partial charge on any atom is -0.314 e. The van der Waals surface area contributed by atoms with Gasteiger partial charge in [0, 0.05) is 28.4 Å². The van der Waals surface area contributed by atoms with Gasteiger partial charge in [0.05, 0.1) is 10.7 Å². The maximum Gasteiger partial charge on any atom is 0.116 e. The van der Waals surface area contributed by atoms with Crippen LogP contribution in [0.15, 0.2) is 36.8 Å². The molecule has 5 heteroatoms. The molecule has 1 aromatic carbocycles. The lowest BCUT2D eigenvalue weighted by atomic mass is 10.1. The summed E-state index contributed by atoms with van der Waals surface area (Å²) in [6.45, 7) is 1.12.